The second-order valence-corrected chi connectivity index (χ2v) is 2.29. The van der Waals surface area contributed by atoms with Gasteiger partial charge in [0.1, 0.15) is 11.5 Å². The Kier molecular flexibility index (Phi) is 2.26. The van der Waals surface area contributed by atoms with Crippen molar-refractivity contribution in [3.05, 3.63) is 36.2 Å². The normalized spacial score (nSPS) is 9.27. The van der Waals surface area contributed by atoms with Gasteiger partial charge in [0.25, 0.3) is 0 Å². The maximum atomic E-state index is 4.93. The van der Waals surface area contributed by atoms with E-state index in [2.05, 4.69) is 11.6 Å². The molecule has 11 heavy (non-hydrogen) atoms. The van der Waals surface area contributed by atoms with E-state index in [0.29, 0.717) is 5.76 Å². The van der Waals surface area contributed by atoms with Crippen molar-refractivity contribution in [3.63, 3.8) is 0 Å². The molecule has 0 aliphatic rings. The van der Waals surface area contributed by atoms with Crippen molar-refractivity contribution in [1.82, 2.24) is 4.98 Å². The van der Waals surface area contributed by atoms with E-state index >= 15 is 0 Å². The van der Waals surface area contributed by atoms with Crippen LogP contribution in [0.15, 0.2) is 24.8 Å². The molecule has 58 valence electrons. The molecule has 0 fully saturated rings. The average Bonchev–Trinajstić information content (AvgIpc) is 2.03. The summed E-state index contributed by atoms with van der Waals surface area (Å²) in [6.07, 6.45) is 0. The van der Waals surface area contributed by atoms with Gasteiger partial charge < -0.3 is 4.74 Å². The van der Waals surface area contributed by atoms with Crippen molar-refractivity contribution >= 4 is 5.76 Å². The van der Waals surface area contributed by atoms with Gasteiger partial charge in [-0.25, -0.2) is 4.98 Å². The fourth-order valence-corrected chi connectivity index (χ4v) is 0.803. The fourth-order valence-electron chi connectivity index (χ4n) is 0.803. The first-order valence-electron chi connectivity index (χ1n) is 3.41. The molecule has 0 spiro atoms. The molecular formula is C9H11NO. The third-order valence-corrected chi connectivity index (χ3v) is 1.42. The first kappa shape index (κ1) is 7.79. The predicted molar refractivity (Wildman–Crippen MR) is 45.0 cm³/mol. The van der Waals surface area contributed by atoms with E-state index in [9.17, 15) is 0 Å². The van der Waals surface area contributed by atoms with Crippen LogP contribution < -0.4 is 0 Å². The molecule has 0 aliphatic carbocycles. The summed E-state index contributed by atoms with van der Waals surface area (Å²) in [7, 11) is 1.59. The van der Waals surface area contributed by atoms with E-state index in [0.717, 1.165) is 11.4 Å². The molecule has 0 atom stereocenters. The summed E-state index contributed by atoms with van der Waals surface area (Å²) in [4.78, 5) is 4.22. The average molecular weight is 149 g/mol. The molecular weight excluding hydrogens is 138 g/mol. The van der Waals surface area contributed by atoms with Crippen LogP contribution in [-0.2, 0) is 4.74 Å². The number of methoxy groups -OCH3 is 1. The van der Waals surface area contributed by atoms with Crippen LogP contribution >= 0.6 is 0 Å². The molecule has 0 bridgehead atoms. The van der Waals surface area contributed by atoms with E-state index in [1.807, 2.05) is 25.1 Å². The Morgan fingerprint density at radius 1 is 1.55 bits per heavy atom. The van der Waals surface area contributed by atoms with Gasteiger partial charge in [0.2, 0.25) is 0 Å². The molecule has 1 aromatic heterocycles. The molecule has 2 heteroatoms. The zero-order valence-corrected chi connectivity index (χ0v) is 6.79. The molecule has 0 unspecified atom stereocenters. The van der Waals surface area contributed by atoms with Gasteiger partial charge in [0, 0.05) is 5.69 Å². The lowest BCUT2D eigenvalue weighted by Crippen LogP contribution is -1.91. The van der Waals surface area contributed by atoms with E-state index in [1.165, 1.54) is 0 Å². The van der Waals surface area contributed by atoms with E-state index in [4.69, 9.17) is 4.74 Å². The summed E-state index contributed by atoms with van der Waals surface area (Å²) in [5.74, 6) is 0.605. The van der Waals surface area contributed by atoms with Gasteiger partial charge in [0.15, 0.2) is 0 Å². The topological polar surface area (TPSA) is 22.1 Å². The summed E-state index contributed by atoms with van der Waals surface area (Å²) >= 11 is 0. The highest BCUT2D eigenvalue weighted by molar-refractivity contribution is 5.53. The maximum Gasteiger partial charge on any atom is 0.137 e. The van der Waals surface area contributed by atoms with Gasteiger partial charge in [-0.1, -0.05) is 12.6 Å². The van der Waals surface area contributed by atoms with Gasteiger partial charge in [-0.2, -0.15) is 0 Å². The Bertz CT molecular complexity index is 268. The zero-order chi connectivity index (χ0) is 8.27. The lowest BCUT2D eigenvalue weighted by molar-refractivity contribution is 0.369. The standard InChI is InChI=1S/C9H11NO/c1-7-5-4-6-9(10-7)8(2)11-3/h4-6H,2H2,1,3H3. The number of pyridine rings is 1. The van der Waals surface area contributed by atoms with Gasteiger partial charge in [-0.15, -0.1) is 0 Å². The van der Waals surface area contributed by atoms with Crippen LogP contribution in [0.1, 0.15) is 11.4 Å². The highest BCUT2D eigenvalue weighted by Crippen LogP contribution is 2.09. The van der Waals surface area contributed by atoms with Crippen LogP contribution in [-0.4, -0.2) is 12.1 Å². The number of ether oxygens (including phenoxy) is 1. The summed E-state index contributed by atoms with van der Waals surface area (Å²) in [5, 5.41) is 0. The Hall–Kier alpha value is -1.31. The Labute approximate surface area is 66.5 Å². The van der Waals surface area contributed by atoms with Crippen molar-refractivity contribution in [2.45, 2.75) is 6.92 Å². The molecule has 1 aromatic rings. The first-order valence-corrected chi connectivity index (χ1v) is 3.41. The second kappa shape index (κ2) is 3.19. The molecule has 2 nitrogen and oxygen atoms in total. The Morgan fingerprint density at radius 3 is 2.82 bits per heavy atom. The fraction of sp³-hybridized carbons (Fsp3) is 0.222. The molecule has 0 amide bonds. The molecule has 0 saturated heterocycles. The Morgan fingerprint density at radius 2 is 2.27 bits per heavy atom. The third-order valence-electron chi connectivity index (χ3n) is 1.42. The zero-order valence-electron chi connectivity index (χ0n) is 6.79. The lowest BCUT2D eigenvalue weighted by atomic mass is 10.3. The number of nitrogens with zero attached hydrogens (tertiary/aromatic N) is 1. The summed E-state index contributed by atoms with van der Waals surface area (Å²) < 4.78 is 4.93. The number of aromatic nitrogens is 1. The molecule has 0 aliphatic heterocycles. The minimum atomic E-state index is 0.605. The Balaban J connectivity index is 2.96. The molecule has 1 rings (SSSR count). The summed E-state index contributed by atoms with van der Waals surface area (Å²) in [6, 6.07) is 5.74. The van der Waals surface area contributed by atoms with E-state index < -0.39 is 0 Å². The van der Waals surface area contributed by atoms with Crippen molar-refractivity contribution in [2.75, 3.05) is 7.11 Å². The number of rotatable bonds is 2. The minimum Gasteiger partial charge on any atom is -0.495 e. The van der Waals surface area contributed by atoms with Crippen LogP contribution in [0.5, 0.6) is 0 Å². The van der Waals surface area contributed by atoms with Crippen LogP contribution in [0.3, 0.4) is 0 Å². The van der Waals surface area contributed by atoms with Gasteiger partial charge in [-0.05, 0) is 19.1 Å². The summed E-state index contributed by atoms with van der Waals surface area (Å²) in [6.45, 7) is 5.64. The number of hydrogen-bond donors (Lipinski definition) is 0. The first-order chi connectivity index (χ1) is 5.24. The van der Waals surface area contributed by atoms with Crippen molar-refractivity contribution in [2.24, 2.45) is 0 Å². The molecule has 0 radical (unpaired) electrons. The quantitative estimate of drug-likeness (QED) is 0.600. The monoisotopic (exact) mass is 149 g/mol. The maximum absolute atomic E-state index is 4.93. The van der Waals surface area contributed by atoms with Gasteiger partial charge >= 0.3 is 0 Å². The summed E-state index contributed by atoms with van der Waals surface area (Å²) in [5.41, 5.74) is 1.77. The molecule has 0 saturated carbocycles. The third kappa shape index (κ3) is 1.80. The van der Waals surface area contributed by atoms with Gasteiger partial charge in [0.05, 0.1) is 7.11 Å². The van der Waals surface area contributed by atoms with E-state index in [1.54, 1.807) is 7.11 Å². The SMILES string of the molecule is C=C(OC)c1cccc(C)n1. The van der Waals surface area contributed by atoms with Gasteiger partial charge in [-0.3, -0.25) is 0 Å². The lowest BCUT2D eigenvalue weighted by Gasteiger charge is -2.02. The van der Waals surface area contributed by atoms with Crippen molar-refractivity contribution in [3.8, 4) is 0 Å². The largest absolute Gasteiger partial charge is 0.495 e. The molecule has 0 N–H and O–H groups in total. The molecule has 1 heterocycles. The highest BCUT2D eigenvalue weighted by atomic mass is 16.5. The highest BCUT2D eigenvalue weighted by Gasteiger charge is 1.97. The van der Waals surface area contributed by atoms with Crippen molar-refractivity contribution < 1.29 is 4.74 Å². The van der Waals surface area contributed by atoms with Crippen LogP contribution in [0.4, 0.5) is 0 Å². The van der Waals surface area contributed by atoms with E-state index in [-0.39, 0.29) is 0 Å². The minimum absolute atomic E-state index is 0.605. The predicted octanol–water partition coefficient (Wildman–Crippen LogP) is 2.01. The smallest absolute Gasteiger partial charge is 0.137 e. The number of hydrogen-bond acceptors (Lipinski definition) is 2. The van der Waals surface area contributed by atoms with Crippen LogP contribution in [0.2, 0.25) is 0 Å². The van der Waals surface area contributed by atoms with Crippen LogP contribution in [0, 0.1) is 6.92 Å². The number of aryl methyl sites for hydroxylation is 1. The molecule has 0 aromatic carbocycles. The van der Waals surface area contributed by atoms with Crippen LogP contribution in [0.25, 0.3) is 5.76 Å². The second-order valence-electron chi connectivity index (χ2n) is 2.29. The van der Waals surface area contributed by atoms with Crippen molar-refractivity contribution in [1.29, 1.82) is 0 Å².